The number of rotatable bonds is 8. The number of nitrogens with zero attached hydrogens (tertiary/aromatic N) is 3. The Kier molecular flexibility index (Phi) is 6.10. The number of hydrogen-bond donors (Lipinski definition) is 2. The zero-order valence-electron chi connectivity index (χ0n) is 16.7. The Bertz CT molecular complexity index is 947. The number of imidazole rings is 1. The first-order chi connectivity index (χ1) is 14.3. The van der Waals surface area contributed by atoms with E-state index in [1.54, 1.807) is 13.2 Å². The second kappa shape index (κ2) is 9.28. The summed E-state index contributed by atoms with van der Waals surface area (Å²) < 4.78 is 8.02. The molecule has 3 aromatic rings. The maximum absolute atomic E-state index is 6.00. The van der Waals surface area contributed by atoms with Crippen molar-refractivity contribution in [3.8, 4) is 11.4 Å². The first-order valence-electron chi connectivity index (χ1n) is 10.0. The summed E-state index contributed by atoms with van der Waals surface area (Å²) in [6.07, 6.45) is 8.12. The zero-order chi connectivity index (χ0) is 19.9. The molecule has 1 heterocycles. The van der Waals surface area contributed by atoms with Gasteiger partial charge in [0.05, 0.1) is 18.6 Å². The topological polar surface area (TPSA) is 63.5 Å². The number of aliphatic imine (C=N–C) groups is 1. The molecule has 1 aliphatic rings. The lowest BCUT2D eigenvalue weighted by Crippen LogP contribution is -2.36. The highest BCUT2D eigenvalue weighted by atomic mass is 16.5. The fourth-order valence-corrected chi connectivity index (χ4v) is 3.18. The van der Waals surface area contributed by atoms with Crippen molar-refractivity contribution < 1.29 is 4.74 Å². The highest BCUT2D eigenvalue weighted by molar-refractivity contribution is 5.79. The van der Waals surface area contributed by atoms with Gasteiger partial charge in [-0.15, -0.1) is 0 Å². The number of aromatic nitrogens is 2. The van der Waals surface area contributed by atoms with E-state index in [1.165, 1.54) is 18.4 Å². The summed E-state index contributed by atoms with van der Waals surface area (Å²) in [5.74, 6) is 2.44. The van der Waals surface area contributed by atoms with Gasteiger partial charge in [0.2, 0.25) is 0 Å². The van der Waals surface area contributed by atoms with Crippen molar-refractivity contribution >= 4 is 5.96 Å². The molecule has 0 saturated heterocycles. The van der Waals surface area contributed by atoms with Crippen LogP contribution in [0.5, 0.6) is 5.75 Å². The maximum atomic E-state index is 6.00. The Labute approximate surface area is 171 Å². The quantitative estimate of drug-likeness (QED) is 0.457. The number of nitrogens with one attached hydrogen (secondary N) is 2. The van der Waals surface area contributed by atoms with Gasteiger partial charge in [0.1, 0.15) is 5.75 Å². The second-order valence-electron chi connectivity index (χ2n) is 7.24. The molecule has 0 radical (unpaired) electrons. The van der Waals surface area contributed by atoms with Crippen LogP contribution in [0.2, 0.25) is 0 Å². The normalized spacial score (nSPS) is 13.9. The van der Waals surface area contributed by atoms with Gasteiger partial charge in [-0.3, -0.25) is 4.99 Å². The molecule has 2 N–H and O–H groups in total. The van der Waals surface area contributed by atoms with Crippen LogP contribution in [-0.4, -0.2) is 29.2 Å². The number of hydrogen-bond acceptors (Lipinski definition) is 3. The molecule has 4 rings (SSSR count). The lowest BCUT2D eigenvalue weighted by atomic mass is 10.1. The monoisotopic (exact) mass is 389 g/mol. The first kappa shape index (κ1) is 19.1. The average molecular weight is 390 g/mol. The summed E-state index contributed by atoms with van der Waals surface area (Å²) in [5.41, 5.74) is 3.41. The van der Waals surface area contributed by atoms with Crippen LogP contribution in [-0.2, 0) is 13.1 Å². The van der Waals surface area contributed by atoms with Crippen LogP contribution >= 0.6 is 0 Å². The van der Waals surface area contributed by atoms with E-state index in [1.807, 2.05) is 47.4 Å². The van der Waals surface area contributed by atoms with E-state index >= 15 is 0 Å². The van der Waals surface area contributed by atoms with E-state index in [2.05, 4.69) is 38.8 Å². The van der Waals surface area contributed by atoms with Crippen molar-refractivity contribution in [2.45, 2.75) is 25.9 Å². The molecule has 150 valence electrons. The first-order valence-corrected chi connectivity index (χ1v) is 10.0. The van der Waals surface area contributed by atoms with Gasteiger partial charge >= 0.3 is 0 Å². The molecular weight excluding hydrogens is 362 g/mol. The third-order valence-electron chi connectivity index (χ3n) is 5.03. The van der Waals surface area contributed by atoms with Gasteiger partial charge in [-0.2, -0.15) is 0 Å². The molecule has 1 aliphatic carbocycles. The van der Waals surface area contributed by atoms with Crippen LogP contribution < -0.4 is 15.4 Å². The Morgan fingerprint density at radius 1 is 1.07 bits per heavy atom. The summed E-state index contributed by atoms with van der Waals surface area (Å²) in [6.45, 7) is 2.13. The number of ether oxygens (including phenoxy) is 1. The Morgan fingerprint density at radius 3 is 2.52 bits per heavy atom. The Morgan fingerprint density at radius 2 is 1.79 bits per heavy atom. The van der Waals surface area contributed by atoms with Crippen LogP contribution in [0.4, 0.5) is 0 Å². The van der Waals surface area contributed by atoms with E-state index in [4.69, 9.17) is 4.74 Å². The molecule has 1 fully saturated rings. The number of guanidine groups is 1. The molecule has 0 spiro atoms. The largest absolute Gasteiger partial charge is 0.493 e. The van der Waals surface area contributed by atoms with E-state index in [-0.39, 0.29) is 0 Å². The Hall–Kier alpha value is -3.28. The molecule has 29 heavy (non-hydrogen) atoms. The third kappa shape index (κ3) is 5.16. The second-order valence-corrected chi connectivity index (χ2v) is 7.24. The van der Waals surface area contributed by atoms with Crippen molar-refractivity contribution in [1.29, 1.82) is 0 Å². The molecule has 0 amide bonds. The highest BCUT2D eigenvalue weighted by Crippen LogP contribution is 2.30. The zero-order valence-corrected chi connectivity index (χ0v) is 16.7. The van der Waals surface area contributed by atoms with Gasteiger partial charge < -0.3 is 19.9 Å². The van der Waals surface area contributed by atoms with Gasteiger partial charge in [-0.25, -0.2) is 4.98 Å². The summed E-state index contributed by atoms with van der Waals surface area (Å²) in [7, 11) is 1.78. The fourth-order valence-electron chi connectivity index (χ4n) is 3.18. The molecule has 0 unspecified atom stereocenters. The molecule has 0 aliphatic heterocycles. The van der Waals surface area contributed by atoms with Gasteiger partial charge in [0, 0.05) is 38.1 Å². The van der Waals surface area contributed by atoms with Crippen molar-refractivity contribution in [1.82, 2.24) is 20.2 Å². The molecule has 0 atom stereocenters. The SMILES string of the molecule is CN=C(NCc1ccccc1OCC1CC1)NCc1ccccc1-n1ccnc1. The predicted molar refractivity (Wildman–Crippen MR) is 115 cm³/mol. The highest BCUT2D eigenvalue weighted by Gasteiger charge is 2.22. The Balaban J connectivity index is 1.35. The summed E-state index contributed by atoms with van der Waals surface area (Å²) in [4.78, 5) is 8.51. The summed E-state index contributed by atoms with van der Waals surface area (Å²) >= 11 is 0. The third-order valence-corrected chi connectivity index (χ3v) is 5.03. The van der Waals surface area contributed by atoms with Crippen molar-refractivity contribution in [3.63, 3.8) is 0 Å². The lowest BCUT2D eigenvalue weighted by Gasteiger charge is -2.16. The number of benzene rings is 2. The molecule has 6 nitrogen and oxygen atoms in total. The molecule has 0 bridgehead atoms. The summed E-state index contributed by atoms with van der Waals surface area (Å²) in [5, 5.41) is 6.80. The lowest BCUT2D eigenvalue weighted by molar-refractivity contribution is 0.296. The van der Waals surface area contributed by atoms with Gasteiger partial charge in [0.25, 0.3) is 0 Å². The van der Waals surface area contributed by atoms with Gasteiger partial charge in [-0.05, 0) is 36.5 Å². The molecule has 1 aromatic heterocycles. The standard InChI is InChI=1S/C23H27N5O/c1-24-23(26-14-19-6-2-4-8-21(19)28-13-12-25-17-28)27-15-20-7-3-5-9-22(20)29-16-18-10-11-18/h2-9,12-13,17-18H,10-11,14-16H2,1H3,(H2,24,26,27). The summed E-state index contributed by atoms with van der Waals surface area (Å²) in [6, 6.07) is 16.5. The van der Waals surface area contributed by atoms with E-state index in [0.717, 1.165) is 35.5 Å². The predicted octanol–water partition coefficient (Wildman–Crippen LogP) is 3.53. The minimum Gasteiger partial charge on any atom is -0.493 e. The van der Waals surface area contributed by atoms with Crippen molar-refractivity contribution in [2.75, 3.05) is 13.7 Å². The van der Waals surface area contributed by atoms with E-state index in [9.17, 15) is 0 Å². The van der Waals surface area contributed by atoms with Crippen LogP contribution in [0.25, 0.3) is 5.69 Å². The van der Waals surface area contributed by atoms with Crippen LogP contribution in [0.3, 0.4) is 0 Å². The average Bonchev–Trinajstić information content (AvgIpc) is 3.44. The van der Waals surface area contributed by atoms with Gasteiger partial charge in [-0.1, -0.05) is 36.4 Å². The van der Waals surface area contributed by atoms with Crippen LogP contribution in [0.15, 0.2) is 72.2 Å². The van der Waals surface area contributed by atoms with Gasteiger partial charge in [0.15, 0.2) is 5.96 Å². The minimum atomic E-state index is 0.656. The minimum absolute atomic E-state index is 0.656. The molecule has 6 heteroatoms. The van der Waals surface area contributed by atoms with E-state index < -0.39 is 0 Å². The smallest absolute Gasteiger partial charge is 0.191 e. The van der Waals surface area contributed by atoms with E-state index in [0.29, 0.717) is 13.1 Å². The van der Waals surface area contributed by atoms with Crippen LogP contribution in [0, 0.1) is 5.92 Å². The molecule has 1 saturated carbocycles. The fraction of sp³-hybridized carbons (Fsp3) is 0.304. The maximum Gasteiger partial charge on any atom is 0.191 e. The van der Waals surface area contributed by atoms with Crippen molar-refractivity contribution in [3.05, 3.63) is 78.4 Å². The van der Waals surface area contributed by atoms with Crippen LogP contribution in [0.1, 0.15) is 24.0 Å². The molecular formula is C23H27N5O. The number of para-hydroxylation sites is 2. The molecule has 2 aromatic carbocycles. The van der Waals surface area contributed by atoms with Crippen molar-refractivity contribution in [2.24, 2.45) is 10.9 Å².